The Morgan fingerprint density at radius 2 is 1.20 bits per heavy atom. The summed E-state index contributed by atoms with van der Waals surface area (Å²) in [5.74, 6) is -0.137. The summed E-state index contributed by atoms with van der Waals surface area (Å²) in [5, 5.41) is 0. The van der Waals surface area contributed by atoms with E-state index in [4.69, 9.17) is 0 Å². The Kier molecular flexibility index (Phi) is 6.71. The highest BCUT2D eigenvalue weighted by atomic mass is 32.2. The van der Waals surface area contributed by atoms with Crippen LogP contribution < -0.4 is 0 Å². The maximum absolute atomic E-state index is 11.0. The first-order valence-electron chi connectivity index (χ1n) is 4.55. The van der Waals surface area contributed by atoms with E-state index in [1.54, 1.807) is 36.0 Å². The maximum atomic E-state index is 11.0. The first-order chi connectivity index (χ1) is 7.04. The average molecular weight is 224 g/mol. The third-order valence-corrected chi connectivity index (χ3v) is 1.69. The highest BCUT2D eigenvalue weighted by Gasteiger charge is 2.08. The number of thioether (sulfide) groups is 1. The molecule has 1 aromatic rings. The van der Waals surface area contributed by atoms with Gasteiger partial charge in [-0.1, -0.05) is 24.3 Å². The molecule has 15 heavy (non-hydrogen) atoms. The third kappa shape index (κ3) is 4.79. The largest absolute Gasteiger partial charge is 0.294 e. The van der Waals surface area contributed by atoms with E-state index in [0.717, 1.165) is 0 Å². The SMILES string of the molecule is CC(=O)c1ccccc1C(C)=O.CSC. The van der Waals surface area contributed by atoms with Crippen molar-refractivity contribution >= 4 is 23.3 Å². The second-order valence-corrected chi connectivity index (χ2v) is 3.88. The highest BCUT2D eigenvalue weighted by Crippen LogP contribution is 2.09. The van der Waals surface area contributed by atoms with E-state index >= 15 is 0 Å². The van der Waals surface area contributed by atoms with E-state index in [1.165, 1.54) is 13.8 Å². The third-order valence-electron chi connectivity index (χ3n) is 1.69. The van der Waals surface area contributed by atoms with Crippen LogP contribution in [-0.4, -0.2) is 24.1 Å². The van der Waals surface area contributed by atoms with E-state index < -0.39 is 0 Å². The molecule has 0 aliphatic heterocycles. The second kappa shape index (κ2) is 7.23. The quantitative estimate of drug-likeness (QED) is 0.724. The summed E-state index contributed by atoms with van der Waals surface area (Å²) in [6, 6.07) is 6.84. The molecule has 2 nitrogen and oxygen atoms in total. The van der Waals surface area contributed by atoms with Crippen molar-refractivity contribution in [2.24, 2.45) is 0 Å². The van der Waals surface area contributed by atoms with Gasteiger partial charge in [0.1, 0.15) is 0 Å². The number of carbonyl (C=O) groups is 2. The van der Waals surface area contributed by atoms with Crippen LogP contribution in [0.4, 0.5) is 0 Å². The van der Waals surface area contributed by atoms with Crippen molar-refractivity contribution in [1.82, 2.24) is 0 Å². The molecule has 3 heteroatoms. The maximum Gasteiger partial charge on any atom is 0.160 e. The number of Topliss-reactive ketones (excluding diaryl/α,β-unsaturated/α-hetero) is 2. The molecule has 0 aliphatic rings. The molecule has 0 unspecified atom stereocenters. The molecule has 0 heterocycles. The molecule has 0 radical (unpaired) electrons. The Balaban J connectivity index is 0.000000583. The fraction of sp³-hybridized carbons (Fsp3) is 0.333. The molecule has 0 fully saturated rings. The van der Waals surface area contributed by atoms with Crippen LogP contribution in [0.3, 0.4) is 0 Å². The summed E-state index contributed by atoms with van der Waals surface area (Å²) in [4.78, 5) is 22.0. The first-order valence-corrected chi connectivity index (χ1v) is 6.19. The molecule has 0 atom stereocenters. The average Bonchev–Trinajstić information content (AvgIpc) is 2.19. The Morgan fingerprint density at radius 3 is 1.40 bits per heavy atom. The summed E-state index contributed by atoms with van der Waals surface area (Å²) in [6.07, 6.45) is 4.08. The van der Waals surface area contributed by atoms with Gasteiger partial charge in [0.05, 0.1) is 0 Å². The van der Waals surface area contributed by atoms with Crippen LogP contribution in [0.2, 0.25) is 0 Å². The molecular weight excluding hydrogens is 208 g/mol. The molecule has 1 rings (SSSR count). The zero-order valence-electron chi connectivity index (χ0n) is 9.53. The fourth-order valence-corrected chi connectivity index (χ4v) is 1.10. The first kappa shape index (κ1) is 13.9. The van der Waals surface area contributed by atoms with E-state index in [1.807, 2.05) is 12.5 Å². The summed E-state index contributed by atoms with van der Waals surface area (Å²) in [7, 11) is 0. The van der Waals surface area contributed by atoms with Gasteiger partial charge in [-0.15, -0.1) is 0 Å². The van der Waals surface area contributed by atoms with Crippen molar-refractivity contribution in [3.63, 3.8) is 0 Å². The smallest absolute Gasteiger partial charge is 0.160 e. The molecule has 0 spiro atoms. The molecule has 0 aromatic heterocycles. The van der Waals surface area contributed by atoms with Gasteiger partial charge in [-0.25, -0.2) is 0 Å². The van der Waals surface area contributed by atoms with E-state index in [9.17, 15) is 9.59 Å². The van der Waals surface area contributed by atoms with Gasteiger partial charge in [0.2, 0.25) is 0 Å². The van der Waals surface area contributed by atoms with Gasteiger partial charge in [0, 0.05) is 11.1 Å². The van der Waals surface area contributed by atoms with Gasteiger partial charge >= 0.3 is 0 Å². The summed E-state index contributed by atoms with van der Waals surface area (Å²) < 4.78 is 0. The Hall–Kier alpha value is -1.09. The normalized spacial score (nSPS) is 8.80. The molecular formula is C12H16O2S. The van der Waals surface area contributed by atoms with E-state index in [-0.39, 0.29) is 11.6 Å². The molecule has 0 bridgehead atoms. The summed E-state index contributed by atoms with van der Waals surface area (Å²) in [5.41, 5.74) is 1.01. The van der Waals surface area contributed by atoms with Gasteiger partial charge in [-0.3, -0.25) is 9.59 Å². The van der Waals surface area contributed by atoms with Crippen molar-refractivity contribution in [3.8, 4) is 0 Å². The van der Waals surface area contributed by atoms with E-state index in [2.05, 4.69) is 0 Å². The predicted octanol–water partition coefficient (Wildman–Crippen LogP) is 3.07. The lowest BCUT2D eigenvalue weighted by Gasteiger charge is -2.00. The van der Waals surface area contributed by atoms with Gasteiger partial charge in [0.25, 0.3) is 0 Å². The standard InChI is InChI=1S/C10H10O2.C2H6S/c1-7(11)9-5-3-4-6-10(9)8(2)12;1-3-2/h3-6H,1-2H3;1-2H3. The lowest BCUT2D eigenvalue weighted by molar-refractivity contribution is 0.0981. The van der Waals surface area contributed by atoms with Gasteiger partial charge in [0.15, 0.2) is 11.6 Å². The lowest BCUT2D eigenvalue weighted by Crippen LogP contribution is -2.02. The minimum Gasteiger partial charge on any atom is -0.294 e. The molecule has 1 aromatic carbocycles. The molecule has 82 valence electrons. The number of ketones is 2. The number of hydrogen-bond donors (Lipinski definition) is 0. The number of hydrogen-bond acceptors (Lipinski definition) is 3. The van der Waals surface area contributed by atoms with Crippen LogP contribution in [0.1, 0.15) is 34.6 Å². The Labute approximate surface area is 95.1 Å². The second-order valence-electron chi connectivity index (χ2n) is 3.07. The van der Waals surface area contributed by atoms with E-state index in [0.29, 0.717) is 11.1 Å². The van der Waals surface area contributed by atoms with Crippen LogP contribution in [0, 0.1) is 0 Å². The monoisotopic (exact) mass is 224 g/mol. The zero-order chi connectivity index (χ0) is 11.8. The van der Waals surface area contributed by atoms with Gasteiger partial charge < -0.3 is 0 Å². The molecule has 0 N–H and O–H groups in total. The zero-order valence-corrected chi connectivity index (χ0v) is 10.4. The molecule has 0 saturated carbocycles. The van der Waals surface area contributed by atoms with Gasteiger partial charge in [-0.2, -0.15) is 11.8 Å². The lowest BCUT2D eigenvalue weighted by atomic mass is 10.0. The van der Waals surface area contributed by atoms with Gasteiger partial charge in [-0.05, 0) is 26.4 Å². The molecule has 0 amide bonds. The van der Waals surface area contributed by atoms with Crippen LogP contribution in [0.15, 0.2) is 24.3 Å². The Morgan fingerprint density at radius 1 is 0.933 bits per heavy atom. The van der Waals surface area contributed by atoms with Crippen molar-refractivity contribution in [2.45, 2.75) is 13.8 Å². The van der Waals surface area contributed by atoms with Crippen LogP contribution in [0.25, 0.3) is 0 Å². The minimum absolute atomic E-state index is 0.0687. The fourth-order valence-electron chi connectivity index (χ4n) is 1.10. The number of rotatable bonds is 2. The van der Waals surface area contributed by atoms with Crippen molar-refractivity contribution < 1.29 is 9.59 Å². The molecule has 0 saturated heterocycles. The van der Waals surface area contributed by atoms with Crippen molar-refractivity contribution in [2.75, 3.05) is 12.5 Å². The van der Waals surface area contributed by atoms with Crippen LogP contribution in [-0.2, 0) is 0 Å². The summed E-state index contributed by atoms with van der Waals surface area (Å²) in [6.45, 7) is 2.92. The Bertz CT molecular complexity index is 312. The molecule has 0 aliphatic carbocycles. The summed E-state index contributed by atoms with van der Waals surface area (Å²) >= 11 is 1.75. The van der Waals surface area contributed by atoms with Crippen LogP contribution in [0.5, 0.6) is 0 Å². The minimum atomic E-state index is -0.0687. The predicted molar refractivity (Wildman–Crippen MR) is 65.9 cm³/mol. The van der Waals surface area contributed by atoms with Crippen LogP contribution >= 0.6 is 11.8 Å². The highest BCUT2D eigenvalue weighted by molar-refractivity contribution is 7.97. The topological polar surface area (TPSA) is 34.1 Å². The number of benzene rings is 1. The number of carbonyl (C=O) groups excluding carboxylic acids is 2. The van der Waals surface area contributed by atoms with Crippen molar-refractivity contribution in [3.05, 3.63) is 35.4 Å². The van der Waals surface area contributed by atoms with Crippen molar-refractivity contribution in [1.29, 1.82) is 0 Å².